The van der Waals surface area contributed by atoms with Crippen LogP contribution in [0.5, 0.6) is 0 Å². The van der Waals surface area contributed by atoms with Gasteiger partial charge in [0.25, 0.3) is 0 Å². The molecule has 106 valence electrons. The lowest BCUT2D eigenvalue weighted by Gasteiger charge is -2.21. The molecule has 1 heterocycles. The third kappa shape index (κ3) is 4.46. The highest BCUT2D eigenvalue weighted by atomic mass is 16.3. The topological polar surface area (TPSA) is 59.9 Å². The van der Waals surface area contributed by atoms with Gasteiger partial charge in [-0.05, 0) is 26.7 Å². The van der Waals surface area contributed by atoms with Crippen LogP contribution in [0.3, 0.4) is 0 Å². The number of likely N-dealkylation sites (tertiary alicyclic amines) is 1. The average molecular weight is 256 g/mol. The number of aliphatic hydroxyl groups is 1. The maximum absolute atomic E-state index is 8.84. The summed E-state index contributed by atoms with van der Waals surface area (Å²) in [4.78, 5) is 6.81. The van der Waals surface area contributed by atoms with E-state index in [2.05, 4.69) is 48.2 Å². The van der Waals surface area contributed by atoms with Crippen molar-refractivity contribution in [1.29, 1.82) is 0 Å². The molecule has 0 aromatic rings. The van der Waals surface area contributed by atoms with Gasteiger partial charge in [0.2, 0.25) is 0 Å². The molecule has 1 aliphatic heterocycles. The molecule has 2 unspecified atom stereocenters. The Morgan fingerprint density at radius 2 is 2.17 bits per heavy atom. The molecular weight excluding hydrogens is 228 g/mol. The van der Waals surface area contributed by atoms with Gasteiger partial charge in [-0.2, -0.15) is 0 Å². The van der Waals surface area contributed by atoms with E-state index in [0.29, 0.717) is 24.5 Å². The Kier molecular flexibility index (Phi) is 6.43. The summed E-state index contributed by atoms with van der Waals surface area (Å²) in [6, 6.07) is 1.03. The van der Waals surface area contributed by atoms with Gasteiger partial charge >= 0.3 is 0 Å². The second kappa shape index (κ2) is 7.59. The minimum absolute atomic E-state index is 0.0922. The van der Waals surface area contributed by atoms with Gasteiger partial charge in [-0.15, -0.1) is 0 Å². The molecule has 1 saturated heterocycles. The molecule has 0 aliphatic carbocycles. The third-order valence-electron chi connectivity index (χ3n) is 3.41. The fourth-order valence-corrected chi connectivity index (χ4v) is 2.27. The summed E-state index contributed by atoms with van der Waals surface area (Å²) in [5, 5.41) is 15.5. The standard InChI is InChI=1S/C13H28N4O/c1-5-14-13(15-6-7-18)16-12-9-17(10(2)3)8-11(12)4/h10-12,18H,5-9H2,1-4H3,(H2,14,15,16). The lowest BCUT2D eigenvalue weighted by atomic mass is 10.1. The smallest absolute Gasteiger partial charge is 0.191 e. The molecule has 0 radical (unpaired) electrons. The molecule has 0 aromatic carbocycles. The fraction of sp³-hybridized carbons (Fsp3) is 0.923. The Morgan fingerprint density at radius 3 is 2.67 bits per heavy atom. The summed E-state index contributed by atoms with van der Waals surface area (Å²) >= 11 is 0. The lowest BCUT2D eigenvalue weighted by molar-refractivity contribution is 0.265. The second-order valence-electron chi connectivity index (χ2n) is 5.26. The van der Waals surface area contributed by atoms with E-state index in [1.807, 2.05) is 0 Å². The first-order chi connectivity index (χ1) is 8.58. The van der Waals surface area contributed by atoms with Crippen molar-refractivity contribution in [3.05, 3.63) is 0 Å². The third-order valence-corrected chi connectivity index (χ3v) is 3.41. The highest BCUT2D eigenvalue weighted by Crippen LogP contribution is 2.18. The Labute approximate surface area is 111 Å². The van der Waals surface area contributed by atoms with Crippen molar-refractivity contribution in [2.45, 2.75) is 39.8 Å². The molecule has 3 N–H and O–H groups in total. The number of rotatable bonds is 5. The van der Waals surface area contributed by atoms with Crippen LogP contribution in [0.4, 0.5) is 0 Å². The second-order valence-corrected chi connectivity index (χ2v) is 5.26. The zero-order valence-electron chi connectivity index (χ0n) is 12.1. The number of nitrogens with zero attached hydrogens (tertiary/aromatic N) is 2. The lowest BCUT2D eigenvalue weighted by Crippen LogP contribution is -2.47. The van der Waals surface area contributed by atoms with Crippen LogP contribution in [0.25, 0.3) is 0 Å². The van der Waals surface area contributed by atoms with Gasteiger partial charge in [-0.3, -0.25) is 9.89 Å². The van der Waals surface area contributed by atoms with Crippen LogP contribution in [0.15, 0.2) is 4.99 Å². The summed E-state index contributed by atoms with van der Waals surface area (Å²) in [6.45, 7) is 12.4. The number of nitrogens with one attached hydrogen (secondary N) is 2. The van der Waals surface area contributed by atoms with Crippen LogP contribution in [-0.4, -0.2) is 60.8 Å². The van der Waals surface area contributed by atoms with Gasteiger partial charge in [-0.25, -0.2) is 0 Å². The zero-order chi connectivity index (χ0) is 13.5. The molecule has 18 heavy (non-hydrogen) atoms. The molecule has 1 aliphatic rings. The van der Waals surface area contributed by atoms with Crippen molar-refractivity contribution in [2.75, 3.05) is 32.8 Å². The van der Waals surface area contributed by atoms with E-state index in [4.69, 9.17) is 5.11 Å². The van der Waals surface area contributed by atoms with Crippen LogP contribution >= 0.6 is 0 Å². The van der Waals surface area contributed by atoms with Crippen LogP contribution in [0.1, 0.15) is 27.7 Å². The highest BCUT2D eigenvalue weighted by Gasteiger charge is 2.31. The maximum Gasteiger partial charge on any atom is 0.191 e. The monoisotopic (exact) mass is 256 g/mol. The van der Waals surface area contributed by atoms with Gasteiger partial charge in [0.05, 0.1) is 13.2 Å². The van der Waals surface area contributed by atoms with Crippen LogP contribution in [0.2, 0.25) is 0 Å². The summed E-state index contributed by atoms with van der Waals surface area (Å²) < 4.78 is 0. The largest absolute Gasteiger partial charge is 0.394 e. The molecule has 0 bridgehead atoms. The Morgan fingerprint density at radius 1 is 1.44 bits per heavy atom. The number of aliphatic hydroxyl groups excluding tert-OH is 1. The van der Waals surface area contributed by atoms with Gasteiger partial charge in [0.1, 0.15) is 0 Å². The first-order valence-corrected chi connectivity index (χ1v) is 6.98. The minimum atomic E-state index is 0.0922. The summed E-state index contributed by atoms with van der Waals surface area (Å²) in [5.41, 5.74) is 0. The molecule has 1 rings (SSSR count). The van der Waals surface area contributed by atoms with E-state index in [0.717, 1.165) is 25.6 Å². The van der Waals surface area contributed by atoms with E-state index in [1.165, 1.54) is 0 Å². The Bertz CT molecular complexity index is 268. The van der Waals surface area contributed by atoms with Crippen molar-refractivity contribution < 1.29 is 5.11 Å². The predicted molar refractivity (Wildman–Crippen MR) is 75.9 cm³/mol. The number of guanidine groups is 1. The van der Waals surface area contributed by atoms with Crippen LogP contribution < -0.4 is 10.6 Å². The molecule has 2 atom stereocenters. The van der Waals surface area contributed by atoms with E-state index < -0.39 is 0 Å². The zero-order valence-corrected chi connectivity index (χ0v) is 12.1. The highest BCUT2D eigenvalue weighted by molar-refractivity contribution is 5.80. The first-order valence-electron chi connectivity index (χ1n) is 6.98. The Balaban J connectivity index is 2.53. The van der Waals surface area contributed by atoms with Gasteiger partial charge in [0.15, 0.2) is 5.96 Å². The molecule has 0 aromatic heterocycles. The molecule has 5 nitrogen and oxygen atoms in total. The number of hydrogen-bond acceptors (Lipinski definition) is 3. The summed E-state index contributed by atoms with van der Waals surface area (Å²) in [7, 11) is 0. The van der Waals surface area contributed by atoms with Crippen LogP contribution in [-0.2, 0) is 0 Å². The maximum atomic E-state index is 8.84. The summed E-state index contributed by atoms with van der Waals surface area (Å²) in [6.07, 6.45) is 0. The molecule has 0 amide bonds. The van der Waals surface area contributed by atoms with E-state index >= 15 is 0 Å². The predicted octanol–water partition coefficient (Wildman–Crippen LogP) is 0.263. The quantitative estimate of drug-likeness (QED) is 0.488. The normalized spacial score (nSPS) is 25.8. The molecule has 1 fully saturated rings. The minimum Gasteiger partial charge on any atom is -0.394 e. The van der Waals surface area contributed by atoms with Crippen molar-refractivity contribution in [2.24, 2.45) is 10.9 Å². The molecule has 5 heteroatoms. The molecule has 0 saturated carbocycles. The van der Waals surface area contributed by atoms with E-state index in [-0.39, 0.29) is 6.61 Å². The fourth-order valence-electron chi connectivity index (χ4n) is 2.27. The average Bonchev–Trinajstić information content (AvgIpc) is 2.68. The van der Waals surface area contributed by atoms with Gasteiger partial charge in [0, 0.05) is 31.7 Å². The Hall–Kier alpha value is -0.810. The van der Waals surface area contributed by atoms with Crippen molar-refractivity contribution >= 4 is 5.96 Å². The van der Waals surface area contributed by atoms with E-state index in [9.17, 15) is 0 Å². The number of hydrogen-bond donors (Lipinski definition) is 3. The summed E-state index contributed by atoms with van der Waals surface area (Å²) in [5.74, 6) is 1.43. The van der Waals surface area contributed by atoms with Crippen molar-refractivity contribution in [3.63, 3.8) is 0 Å². The molecular formula is C13H28N4O. The SMILES string of the molecule is CCNC(=NCCO)NC1CN(C(C)C)CC1C. The van der Waals surface area contributed by atoms with Crippen molar-refractivity contribution in [3.8, 4) is 0 Å². The van der Waals surface area contributed by atoms with Gasteiger partial charge in [-0.1, -0.05) is 6.92 Å². The van der Waals surface area contributed by atoms with Crippen LogP contribution in [0, 0.1) is 5.92 Å². The number of aliphatic imine (C=N–C) groups is 1. The molecule has 0 spiro atoms. The van der Waals surface area contributed by atoms with E-state index in [1.54, 1.807) is 0 Å². The van der Waals surface area contributed by atoms with Gasteiger partial charge < -0.3 is 15.7 Å². The van der Waals surface area contributed by atoms with Crippen molar-refractivity contribution in [1.82, 2.24) is 15.5 Å². The first kappa shape index (κ1) is 15.2.